The molecule has 184 valence electrons. The number of carbonyl (C=O) groups is 3. The number of nitrogens with zero attached hydrogens (tertiary/aromatic N) is 2. The Kier molecular flexibility index (Phi) is 7.33. The molecule has 0 unspecified atom stereocenters. The first-order valence-electron chi connectivity index (χ1n) is 11.3. The number of likely N-dealkylation sites (tertiary alicyclic amines) is 1. The Hall–Kier alpha value is -3.10. The van der Waals surface area contributed by atoms with Crippen LogP contribution in [0, 0.1) is 5.82 Å². The van der Waals surface area contributed by atoms with Crippen LogP contribution in [0.2, 0.25) is 5.02 Å². The first-order valence-corrected chi connectivity index (χ1v) is 11.7. The van der Waals surface area contributed by atoms with E-state index in [4.69, 9.17) is 11.6 Å². The number of ketones is 2. The van der Waals surface area contributed by atoms with Gasteiger partial charge in [0.25, 0.3) is 0 Å². The fourth-order valence-electron chi connectivity index (χ4n) is 4.62. The van der Waals surface area contributed by atoms with Crippen LogP contribution >= 0.6 is 11.6 Å². The molecule has 35 heavy (non-hydrogen) atoms. The van der Waals surface area contributed by atoms with E-state index in [0.29, 0.717) is 22.0 Å². The number of fused-ring (bicyclic) bond motifs is 1. The van der Waals surface area contributed by atoms with Gasteiger partial charge in [-0.1, -0.05) is 35.9 Å². The fraction of sp³-hybridized carbons (Fsp3) is 0.346. The van der Waals surface area contributed by atoms with E-state index in [1.807, 2.05) is 0 Å². The number of hydrogen-bond donors (Lipinski definition) is 1. The molecule has 1 aliphatic rings. The van der Waals surface area contributed by atoms with Gasteiger partial charge < -0.3 is 14.6 Å². The number of aliphatic hydroxyl groups excluding tert-OH is 1. The van der Waals surface area contributed by atoms with Gasteiger partial charge in [0, 0.05) is 35.5 Å². The lowest BCUT2D eigenvalue weighted by Crippen LogP contribution is -2.42. The highest BCUT2D eigenvalue weighted by atomic mass is 35.5. The van der Waals surface area contributed by atoms with Crippen LogP contribution in [0.25, 0.3) is 10.9 Å². The van der Waals surface area contributed by atoms with Crippen molar-refractivity contribution in [3.8, 4) is 0 Å². The van der Waals surface area contributed by atoms with E-state index in [9.17, 15) is 28.3 Å². The number of hydrogen-bond acceptors (Lipinski definition) is 4. The summed E-state index contributed by atoms with van der Waals surface area (Å²) in [5, 5.41) is 10.1. The number of benzene rings is 2. The van der Waals surface area contributed by atoms with E-state index in [2.05, 4.69) is 0 Å². The molecular weight excluding hydrogens is 478 g/mol. The van der Waals surface area contributed by atoms with Gasteiger partial charge in [0.2, 0.25) is 5.91 Å². The molecule has 1 aromatic heterocycles. The van der Waals surface area contributed by atoms with Crippen molar-refractivity contribution >= 4 is 40.0 Å². The molecule has 1 saturated heterocycles. The minimum Gasteiger partial charge on any atom is -0.392 e. The number of amides is 1. The van der Waals surface area contributed by atoms with Crippen molar-refractivity contribution in [2.45, 2.75) is 51.6 Å². The van der Waals surface area contributed by atoms with Crippen LogP contribution in [0.15, 0.2) is 42.6 Å². The van der Waals surface area contributed by atoms with E-state index in [1.54, 1.807) is 35.0 Å². The summed E-state index contributed by atoms with van der Waals surface area (Å²) in [5.41, 5.74) is 1.92. The molecule has 2 atom stereocenters. The minimum absolute atomic E-state index is 0.0373. The van der Waals surface area contributed by atoms with Crippen molar-refractivity contribution in [3.63, 3.8) is 0 Å². The van der Waals surface area contributed by atoms with E-state index < -0.39 is 23.9 Å². The van der Waals surface area contributed by atoms with Crippen molar-refractivity contribution < 1.29 is 28.3 Å². The summed E-state index contributed by atoms with van der Waals surface area (Å²) < 4.78 is 30.1. The third kappa shape index (κ3) is 5.13. The monoisotopic (exact) mass is 502 g/mol. The second kappa shape index (κ2) is 10.3. The molecule has 1 aliphatic heterocycles. The topological polar surface area (TPSA) is 79.6 Å². The molecule has 0 radical (unpaired) electrons. The smallest absolute Gasteiger partial charge is 0.243 e. The summed E-state index contributed by atoms with van der Waals surface area (Å²) in [6.45, 7) is 0.815. The van der Waals surface area contributed by atoms with Gasteiger partial charge in [0.1, 0.15) is 18.5 Å². The summed E-state index contributed by atoms with van der Waals surface area (Å²) in [6.07, 6.45) is 0.149. The largest absolute Gasteiger partial charge is 0.392 e. The summed E-state index contributed by atoms with van der Waals surface area (Å²) in [5.74, 6) is -1.57. The molecule has 4 rings (SSSR count). The quantitative estimate of drug-likeness (QED) is 0.467. The lowest BCUT2D eigenvalue weighted by Gasteiger charge is -2.24. The predicted octanol–water partition coefficient (Wildman–Crippen LogP) is 4.27. The zero-order valence-corrected chi connectivity index (χ0v) is 19.9. The van der Waals surface area contributed by atoms with Gasteiger partial charge in [-0.05, 0) is 36.6 Å². The molecule has 1 fully saturated rings. The highest BCUT2D eigenvalue weighted by Crippen LogP contribution is 2.27. The Morgan fingerprint density at radius 1 is 1.20 bits per heavy atom. The van der Waals surface area contributed by atoms with Gasteiger partial charge in [0.15, 0.2) is 11.6 Å². The second-order valence-corrected chi connectivity index (χ2v) is 9.22. The zero-order chi connectivity index (χ0) is 25.3. The number of rotatable bonds is 8. The number of aryl methyl sites for hydroxylation is 1. The van der Waals surface area contributed by atoms with Gasteiger partial charge in [-0.3, -0.25) is 14.4 Å². The number of alkyl halides is 1. The predicted molar refractivity (Wildman–Crippen MR) is 128 cm³/mol. The molecule has 0 saturated carbocycles. The van der Waals surface area contributed by atoms with Gasteiger partial charge >= 0.3 is 0 Å². The van der Waals surface area contributed by atoms with E-state index in [-0.39, 0.29) is 61.1 Å². The van der Waals surface area contributed by atoms with Crippen molar-refractivity contribution in [1.82, 2.24) is 9.47 Å². The molecule has 3 aromatic rings. The summed E-state index contributed by atoms with van der Waals surface area (Å²) in [4.78, 5) is 39.5. The lowest BCUT2D eigenvalue weighted by molar-refractivity contribution is -0.138. The molecule has 0 bridgehead atoms. The first-order chi connectivity index (χ1) is 16.7. The van der Waals surface area contributed by atoms with E-state index >= 15 is 0 Å². The number of aliphatic hydroxyl groups is 1. The van der Waals surface area contributed by atoms with Crippen LogP contribution in [0.3, 0.4) is 0 Å². The zero-order valence-electron chi connectivity index (χ0n) is 19.1. The minimum atomic E-state index is -1.34. The molecule has 0 aliphatic carbocycles. The number of carbonyl (C=O) groups excluding carboxylic acids is 3. The van der Waals surface area contributed by atoms with Crippen LogP contribution < -0.4 is 0 Å². The molecular formula is C26H25ClF2N2O4. The Bertz CT molecular complexity index is 1310. The van der Waals surface area contributed by atoms with Gasteiger partial charge in [-0.25, -0.2) is 8.78 Å². The summed E-state index contributed by atoms with van der Waals surface area (Å²) in [7, 11) is 0. The van der Waals surface area contributed by atoms with Crippen LogP contribution in [0.4, 0.5) is 8.78 Å². The number of aromatic nitrogens is 1. The Morgan fingerprint density at radius 3 is 2.69 bits per heavy atom. The average molecular weight is 503 g/mol. The molecule has 0 spiro atoms. The van der Waals surface area contributed by atoms with Crippen LogP contribution in [-0.2, 0) is 29.2 Å². The number of Topliss-reactive ketones (excluding diaryl/α,β-unsaturated/α-hetero) is 2. The average Bonchev–Trinajstić information content (AvgIpc) is 3.40. The van der Waals surface area contributed by atoms with Crippen LogP contribution in [0.5, 0.6) is 0 Å². The van der Waals surface area contributed by atoms with Crippen molar-refractivity contribution in [2.75, 3.05) is 6.54 Å². The Labute approximate surface area is 206 Å². The third-order valence-electron chi connectivity index (χ3n) is 6.43. The first kappa shape index (κ1) is 25.0. The van der Waals surface area contributed by atoms with E-state index in [0.717, 1.165) is 0 Å². The Morgan fingerprint density at radius 2 is 1.97 bits per heavy atom. The maximum atomic E-state index is 14.3. The molecule has 6 nitrogen and oxygen atoms in total. The summed E-state index contributed by atoms with van der Waals surface area (Å²) >= 11 is 5.80. The number of halogens is 3. The fourth-order valence-corrected chi connectivity index (χ4v) is 4.81. The maximum absolute atomic E-state index is 14.3. The summed E-state index contributed by atoms with van der Waals surface area (Å²) in [6, 6.07) is 8.71. The normalized spacial score (nSPS) is 17.8. The van der Waals surface area contributed by atoms with Gasteiger partial charge in [-0.2, -0.15) is 0 Å². The second-order valence-electron chi connectivity index (χ2n) is 8.81. The van der Waals surface area contributed by atoms with Gasteiger partial charge in [-0.15, -0.1) is 0 Å². The van der Waals surface area contributed by atoms with Crippen LogP contribution in [-0.4, -0.2) is 50.8 Å². The maximum Gasteiger partial charge on any atom is 0.243 e. The standard InChI is InChI=1S/C26H25ClF2N2O4/c1-15(33)20-12-30(22-9-16(14-32)5-7-19(20)22)13-25(35)31-11-18(28)10-23(31)24(34)8-6-17-3-2-4-21(27)26(17)29/h2-5,7,9,12,18,23,32H,6,8,10-11,13-14H2,1H3/t18-,23+/m1/s1. The highest BCUT2D eigenvalue weighted by Gasteiger charge is 2.39. The van der Waals surface area contributed by atoms with Crippen molar-refractivity contribution in [1.29, 1.82) is 0 Å². The van der Waals surface area contributed by atoms with Crippen LogP contribution in [0.1, 0.15) is 41.3 Å². The lowest BCUT2D eigenvalue weighted by atomic mass is 10.0. The third-order valence-corrected chi connectivity index (χ3v) is 6.72. The van der Waals surface area contributed by atoms with Crippen molar-refractivity contribution in [3.05, 3.63) is 70.1 Å². The van der Waals surface area contributed by atoms with E-state index in [1.165, 1.54) is 24.0 Å². The van der Waals surface area contributed by atoms with Gasteiger partial charge in [0.05, 0.1) is 24.2 Å². The Balaban J connectivity index is 1.53. The molecule has 2 aromatic carbocycles. The molecule has 1 amide bonds. The molecule has 9 heteroatoms. The molecule has 1 N–H and O–H groups in total. The SMILES string of the molecule is CC(=O)c1cn(CC(=O)N2C[C@H](F)C[C@H]2C(=O)CCc2cccc(Cl)c2F)c2cc(CO)ccc12. The van der Waals surface area contributed by atoms with Crippen molar-refractivity contribution in [2.24, 2.45) is 0 Å². The molecule has 2 heterocycles. The highest BCUT2D eigenvalue weighted by molar-refractivity contribution is 6.30.